The predicted octanol–water partition coefficient (Wildman–Crippen LogP) is 16.6. The summed E-state index contributed by atoms with van der Waals surface area (Å²) in [7, 11) is 0. The first-order chi connectivity index (χ1) is 23.7. The Morgan fingerprint density at radius 2 is 0.685 bits per heavy atom. The summed E-state index contributed by atoms with van der Waals surface area (Å²) in [6.45, 7) is 30.4. The van der Waals surface area contributed by atoms with E-state index in [1.807, 2.05) is 0 Å². The summed E-state index contributed by atoms with van der Waals surface area (Å²) < 4.78 is 0. The molecule has 0 saturated heterocycles. The Morgan fingerprint density at radius 1 is 0.407 bits per heavy atom. The van der Waals surface area contributed by atoms with Crippen LogP contribution in [0.4, 0.5) is 0 Å². The van der Waals surface area contributed by atoms with Crippen LogP contribution in [0.5, 0.6) is 0 Å². The average molecular weight is 857 g/mol. The molecule has 54 heavy (non-hydrogen) atoms. The van der Waals surface area contributed by atoms with Gasteiger partial charge in [0.05, 0.1) is 0 Å². The van der Waals surface area contributed by atoms with E-state index in [-0.39, 0.29) is 39.7 Å². The summed E-state index contributed by atoms with van der Waals surface area (Å²) in [5.41, 5.74) is 14.0. The summed E-state index contributed by atoms with van der Waals surface area (Å²) in [5, 5.41) is 5.49. The molecule has 0 bridgehead atoms. The summed E-state index contributed by atoms with van der Waals surface area (Å²) in [5.74, 6) is 3.33. The van der Waals surface area contributed by atoms with Gasteiger partial charge in [0.1, 0.15) is 0 Å². The van der Waals surface area contributed by atoms with E-state index in [0.717, 1.165) is 0 Å². The zero-order valence-electron chi connectivity index (χ0n) is 35.5. The molecule has 292 valence electrons. The quantitative estimate of drug-likeness (QED) is 0.106. The van der Waals surface area contributed by atoms with Crippen molar-refractivity contribution in [1.29, 1.82) is 0 Å². The van der Waals surface area contributed by atoms with Gasteiger partial charge in [-0.2, -0.15) is 12.1 Å². The van der Waals surface area contributed by atoms with Crippen LogP contribution in [0.1, 0.15) is 152 Å². The van der Waals surface area contributed by atoms with E-state index in [0.29, 0.717) is 35.5 Å². The van der Waals surface area contributed by atoms with E-state index in [4.69, 9.17) is 0 Å². The van der Waals surface area contributed by atoms with Gasteiger partial charge in [-0.1, -0.05) is 143 Å². The Morgan fingerprint density at radius 3 is 0.926 bits per heavy atom. The first-order valence-electron chi connectivity index (χ1n) is 18.7. The zero-order valence-corrected chi connectivity index (χ0v) is 40.6. The van der Waals surface area contributed by atoms with Crippen LogP contribution in [0.2, 0.25) is 0 Å². The van der Waals surface area contributed by atoms with Crippen LogP contribution in [0.15, 0.2) is 97.1 Å². The van der Waals surface area contributed by atoms with Crippen LogP contribution in [0.3, 0.4) is 0 Å². The standard InChI is InChI=1S/2C24H29.2CH3.2ClH.Si.Zr/c2*1-15(2)19-11-20(16(3)4)13-22(12-19)23-9-7-8-18-10-21(17(5)6)14-24(18)23;;;;;;/h2*7-17H,1-6H3;2*1H3;2*1H;;/q4*-1;;;;. The Bertz CT molecular complexity index is 1820. The molecule has 0 aromatic heterocycles. The maximum absolute atomic E-state index is 3.06. The molecule has 0 N–H and O–H groups in total. The molecule has 0 amide bonds. The van der Waals surface area contributed by atoms with Crippen LogP contribution in [0, 0.1) is 14.9 Å². The fourth-order valence-corrected chi connectivity index (χ4v) is 6.68. The molecule has 2 radical (unpaired) electrons. The van der Waals surface area contributed by atoms with E-state index in [2.05, 4.69) is 187 Å². The molecule has 0 spiro atoms. The third-order valence-corrected chi connectivity index (χ3v) is 10.1. The fourth-order valence-electron chi connectivity index (χ4n) is 6.68. The van der Waals surface area contributed by atoms with Crippen molar-refractivity contribution in [2.45, 2.75) is 119 Å². The molecule has 0 aliphatic heterocycles. The van der Waals surface area contributed by atoms with Gasteiger partial charge in [-0.25, -0.2) is 0 Å². The number of benzene rings is 4. The Balaban J connectivity index is 0.000000929. The second kappa shape index (κ2) is 23.1. The Kier molecular flexibility index (Phi) is 22.2. The van der Waals surface area contributed by atoms with Crippen molar-refractivity contribution in [3.8, 4) is 22.3 Å². The molecule has 0 nitrogen and oxygen atoms in total. The topological polar surface area (TPSA) is 0 Å². The van der Waals surface area contributed by atoms with Crippen LogP contribution in [-0.4, -0.2) is 6.88 Å². The minimum atomic E-state index is 0. The van der Waals surface area contributed by atoms with Crippen LogP contribution >= 0.6 is 24.8 Å². The van der Waals surface area contributed by atoms with Crippen molar-refractivity contribution in [2.75, 3.05) is 0 Å². The van der Waals surface area contributed by atoms with Crippen molar-refractivity contribution in [3.05, 3.63) is 145 Å². The van der Waals surface area contributed by atoms with Crippen LogP contribution in [-0.2, 0) is 23.3 Å². The third-order valence-electron chi connectivity index (χ3n) is 10.1. The second-order valence-corrected chi connectivity index (χ2v) is 15.9. The van der Waals surface area contributed by atoms with E-state index < -0.39 is 0 Å². The van der Waals surface area contributed by atoms with Gasteiger partial charge < -0.3 is 14.9 Å². The van der Waals surface area contributed by atoms with E-state index in [1.165, 1.54) is 101 Å². The first kappa shape index (κ1) is 51.8. The van der Waals surface area contributed by atoms with Gasteiger partial charge in [-0.15, -0.1) is 93.9 Å². The number of halogens is 2. The fraction of sp³-hybridized carbons (Fsp3) is 0.360. The van der Waals surface area contributed by atoms with Crippen molar-refractivity contribution in [3.63, 3.8) is 0 Å². The SMILES string of the molecule is CC(C)c1cc(-c2cccc3[cH-]c(C(C)C)cc23)cc(C(C)C)c1.CC(C)c1cc(-c2cccc3[cH-]c(C(C)C)cc23)cc(C(C)C)c1.Cl.Cl.[CH3-].[CH3-].[Si]=[Zr]. The van der Waals surface area contributed by atoms with Gasteiger partial charge >= 0.3 is 30.2 Å². The molecule has 6 aromatic rings. The van der Waals surface area contributed by atoms with Crippen molar-refractivity contribution in [1.82, 2.24) is 0 Å². The van der Waals surface area contributed by atoms with Gasteiger partial charge in [0.15, 0.2) is 0 Å². The van der Waals surface area contributed by atoms with Crippen molar-refractivity contribution >= 4 is 53.2 Å². The molecular weight excluding hydrogens is 791 g/mol. The number of fused-ring (bicyclic) bond motifs is 2. The van der Waals surface area contributed by atoms with E-state index >= 15 is 0 Å². The number of hydrogen-bond acceptors (Lipinski definition) is 0. The monoisotopic (exact) mass is 854 g/mol. The molecule has 4 heteroatoms. The summed E-state index contributed by atoms with van der Waals surface area (Å²) in [6, 6.07) is 37.1. The van der Waals surface area contributed by atoms with Crippen molar-refractivity contribution in [2.24, 2.45) is 0 Å². The van der Waals surface area contributed by atoms with Gasteiger partial charge in [-0.3, -0.25) is 0 Å². The second-order valence-electron chi connectivity index (χ2n) is 15.9. The van der Waals surface area contributed by atoms with Gasteiger partial charge in [-0.05, 0) is 68.9 Å². The van der Waals surface area contributed by atoms with E-state index in [1.54, 1.807) is 0 Å². The molecule has 0 saturated carbocycles. The molecule has 0 fully saturated rings. The maximum atomic E-state index is 3.06. The molecule has 0 aliphatic carbocycles. The normalized spacial score (nSPS) is 10.8. The summed E-state index contributed by atoms with van der Waals surface area (Å²) >= 11 is 1.36. The Hall–Kier alpha value is -2.22. The third kappa shape index (κ3) is 12.4. The van der Waals surface area contributed by atoms with Crippen LogP contribution < -0.4 is 0 Å². The molecule has 6 aromatic carbocycles. The number of rotatable bonds is 8. The molecule has 0 heterocycles. The molecule has 0 unspecified atom stereocenters. The predicted molar refractivity (Wildman–Crippen MR) is 248 cm³/mol. The van der Waals surface area contributed by atoms with Gasteiger partial charge in [0.2, 0.25) is 0 Å². The molecule has 0 atom stereocenters. The first-order valence-corrected chi connectivity index (χ1v) is 22.9. The van der Waals surface area contributed by atoms with Gasteiger partial charge in [0.25, 0.3) is 0 Å². The summed E-state index contributed by atoms with van der Waals surface area (Å²) in [6.07, 6.45) is 0. The van der Waals surface area contributed by atoms with Gasteiger partial charge in [0, 0.05) is 0 Å². The van der Waals surface area contributed by atoms with E-state index in [9.17, 15) is 0 Å². The van der Waals surface area contributed by atoms with Crippen LogP contribution in [0.25, 0.3) is 43.8 Å². The minimum absolute atomic E-state index is 0. The Labute approximate surface area is 360 Å². The molecular formula is C50H66Cl2SiZr-4. The molecule has 6 rings (SSSR count). The zero-order chi connectivity index (χ0) is 36.9. The summed E-state index contributed by atoms with van der Waals surface area (Å²) in [4.78, 5) is 0. The number of hydrogen-bond donors (Lipinski definition) is 0. The van der Waals surface area contributed by atoms with Crippen molar-refractivity contribution < 1.29 is 23.3 Å². The molecule has 0 aliphatic rings. The average Bonchev–Trinajstić information content (AvgIpc) is 3.74.